The molecule has 288 valence electrons. The molecule has 56 heavy (non-hydrogen) atoms. The minimum absolute atomic E-state index is 0.0245. The van der Waals surface area contributed by atoms with Crippen LogP contribution in [0.2, 0.25) is 0 Å². The smallest absolute Gasteiger partial charge is 0.330 e. The Hall–Kier alpha value is -4.85. The van der Waals surface area contributed by atoms with Crippen molar-refractivity contribution in [3.05, 3.63) is 138 Å². The molecule has 0 saturated heterocycles. The van der Waals surface area contributed by atoms with Gasteiger partial charge in [-0.05, 0) is 110 Å². The molecule has 8 rings (SSSR count). The third-order valence-corrected chi connectivity index (χ3v) is 10.8. The number of anilines is 1. The highest BCUT2D eigenvalue weighted by atomic mass is 79.9. The van der Waals surface area contributed by atoms with Crippen molar-refractivity contribution in [1.29, 1.82) is 0 Å². The number of hydrazone groups is 1. The van der Waals surface area contributed by atoms with E-state index in [2.05, 4.69) is 86.8 Å². The first-order chi connectivity index (χ1) is 27.0. The first-order valence-electron chi connectivity index (χ1n) is 18.1. The highest BCUT2D eigenvalue weighted by molar-refractivity contribution is 9.11. The van der Waals surface area contributed by atoms with Gasteiger partial charge in [0.1, 0.15) is 0 Å². The maximum Gasteiger partial charge on any atom is 0.330 e. The largest absolute Gasteiger partial charge is 0.466 e. The normalized spacial score (nSPS) is 18.7. The number of halogens is 3. The van der Waals surface area contributed by atoms with Crippen LogP contribution in [-0.4, -0.2) is 48.2 Å². The Balaban J connectivity index is 0.000000156. The summed E-state index contributed by atoms with van der Waals surface area (Å²) in [5.74, 6) is -0.0458. The number of aromatic amines is 1. The second kappa shape index (κ2) is 18.9. The summed E-state index contributed by atoms with van der Waals surface area (Å²) in [4.78, 5) is 50.5. The van der Waals surface area contributed by atoms with E-state index in [0.29, 0.717) is 30.4 Å². The van der Waals surface area contributed by atoms with Gasteiger partial charge in [0.25, 0.3) is 5.91 Å². The average Bonchev–Trinajstić information content (AvgIpc) is 4.11. The number of amides is 2. The molecule has 0 bridgehead atoms. The Morgan fingerprint density at radius 1 is 0.821 bits per heavy atom. The molecule has 3 aliphatic rings. The number of aromatic nitrogens is 1. The first kappa shape index (κ1) is 40.8. The fourth-order valence-electron chi connectivity index (χ4n) is 6.47. The molecule has 2 aliphatic carbocycles. The van der Waals surface area contributed by atoms with Gasteiger partial charge in [0.15, 0.2) is 0 Å². The standard InChI is InChI=1S/C20H15BrN4O2.C12H13BrO2.C11H11BrO2/c21-12-3-1-2-10(4-12)14-7-15(14)19(26)24-13-5-16-18-11(8-22-17(18)6-13)9-23-25-20(16)27;1-2-15-12(14)11-7-10(11)8-4-3-5-9(13)6-8;1-2-14-11(13)7-6-9-4-3-5-10(12)8-9/h1-6,8-9,14-15,22H,7H2,(H,24,26)(H,25,27);3-6,10-11H,2,7H2,1H3;3-8H,2H2,1H3. The van der Waals surface area contributed by atoms with Crippen LogP contribution in [0.4, 0.5) is 5.69 Å². The van der Waals surface area contributed by atoms with Gasteiger partial charge < -0.3 is 19.8 Å². The van der Waals surface area contributed by atoms with Crippen molar-refractivity contribution in [2.45, 2.75) is 38.5 Å². The SMILES string of the molecule is CCOC(=O)C1CC1c1cccc(Br)c1.CCOC(=O)C=Cc1cccc(Br)c1.O=C1NN=Cc2c[nH]c3cc(NC(=O)C4CC4c4cccc(Br)c4)cc1c23. The van der Waals surface area contributed by atoms with Gasteiger partial charge in [-0.3, -0.25) is 14.4 Å². The minimum atomic E-state index is -0.313. The lowest BCUT2D eigenvalue weighted by molar-refractivity contribution is -0.144. The van der Waals surface area contributed by atoms with Crippen molar-refractivity contribution >= 4 is 100 Å². The van der Waals surface area contributed by atoms with E-state index in [1.165, 1.54) is 11.6 Å². The highest BCUT2D eigenvalue weighted by Crippen LogP contribution is 2.49. The van der Waals surface area contributed by atoms with Crippen molar-refractivity contribution in [3.8, 4) is 0 Å². The third kappa shape index (κ3) is 10.7. The quantitative estimate of drug-likeness (QED) is 0.0994. The summed E-state index contributed by atoms with van der Waals surface area (Å²) >= 11 is 10.3. The molecule has 10 nitrogen and oxygen atoms in total. The van der Waals surface area contributed by atoms with Crippen molar-refractivity contribution in [2.24, 2.45) is 16.9 Å². The molecule has 4 aromatic carbocycles. The van der Waals surface area contributed by atoms with Crippen molar-refractivity contribution < 1.29 is 28.7 Å². The summed E-state index contributed by atoms with van der Waals surface area (Å²) in [6, 6.07) is 27.4. The summed E-state index contributed by atoms with van der Waals surface area (Å²) in [5, 5.41) is 7.69. The zero-order chi connectivity index (χ0) is 39.8. The molecule has 13 heteroatoms. The average molecular weight is 948 g/mol. The van der Waals surface area contributed by atoms with E-state index in [9.17, 15) is 19.2 Å². The summed E-state index contributed by atoms with van der Waals surface area (Å²) in [5.41, 5.74) is 8.57. The van der Waals surface area contributed by atoms with Gasteiger partial charge in [-0.15, -0.1) is 0 Å². The van der Waals surface area contributed by atoms with Crippen molar-refractivity contribution in [2.75, 3.05) is 18.5 Å². The zero-order valence-electron chi connectivity index (χ0n) is 30.6. The van der Waals surface area contributed by atoms with Gasteiger partial charge in [0, 0.05) is 53.8 Å². The second-order valence-corrected chi connectivity index (χ2v) is 16.0. The van der Waals surface area contributed by atoms with Crippen LogP contribution in [0.25, 0.3) is 17.0 Å². The number of carbonyl (C=O) groups excluding carboxylic acids is 4. The van der Waals surface area contributed by atoms with Crippen LogP contribution in [0.15, 0.2) is 116 Å². The predicted octanol–water partition coefficient (Wildman–Crippen LogP) is 9.89. The van der Waals surface area contributed by atoms with E-state index < -0.39 is 0 Å². The molecule has 4 unspecified atom stereocenters. The van der Waals surface area contributed by atoms with Crippen LogP contribution in [0.3, 0.4) is 0 Å². The molecule has 1 aromatic heterocycles. The van der Waals surface area contributed by atoms with Gasteiger partial charge in [-0.25, -0.2) is 10.2 Å². The number of hydrogen-bond donors (Lipinski definition) is 3. The summed E-state index contributed by atoms with van der Waals surface area (Å²) in [6.45, 7) is 4.50. The van der Waals surface area contributed by atoms with E-state index in [1.54, 1.807) is 31.5 Å². The Morgan fingerprint density at radius 3 is 2.09 bits per heavy atom. The molecule has 1 aliphatic heterocycles. The molecular formula is C43H39Br3N4O6. The molecule has 0 radical (unpaired) electrons. The van der Waals surface area contributed by atoms with Gasteiger partial charge >= 0.3 is 11.9 Å². The van der Waals surface area contributed by atoms with Gasteiger partial charge in [0.05, 0.1) is 30.9 Å². The molecule has 2 saturated carbocycles. The number of nitrogens with one attached hydrogen (secondary N) is 3. The molecule has 3 N–H and O–H groups in total. The number of benzene rings is 4. The van der Waals surface area contributed by atoms with E-state index in [1.807, 2.05) is 67.6 Å². The zero-order valence-corrected chi connectivity index (χ0v) is 35.3. The fourth-order valence-corrected chi connectivity index (χ4v) is 7.72. The van der Waals surface area contributed by atoms with Crippen LogP contribution in [0, 0.1) is 11.8 Å². The van der Waals surface area contributed by atoms with E-state index >= 15 is 0 Å². The number of H-pyrrole nitrogens is 1. The lowest BCUT2D eigenvalue weighted by Gasteiger charge is -2.09. The number of rotatable bonds is 9. The number of hydrogen-bond acceptors (Lipinski definition) is 7. The Bertz CT molecular complexity index is 2320. The second-order valence-electron chi connectivity index (χ2n) is 13.3. The maximum absolute atomic E-state index is 12.7. The minimum Gasteiger partial charge on any atom is -0.466 e. The molecule has 5 aromatic rings. The number of esters is 2. The molecule has 2 heterocycles. The molecule has 2 fully saturated rings. The maximum atomic E-state index is 12.7. The molecular weight excluding hydrogens is 908 g/mol. The van der Waals surface area contributed by atoms with E-state index in [-0.39, 0.29) is 41.5 Å². The first-order valence-corrected chi connectivity index (χ1v) is 20.5. The Labute approximate surface area is 349 Å². The lowest BCUT2D eigenvalue weighted by Crippen LogP contribution is -2.18. The predicted molar refractivity (Wildman–Crippen MR) is 228 cm³/mol. The summed E-state index contributed by atoms with van der Waals surface area (Å²) in [7, 11) is 0. The van der Waals surface area contributed by atoms with Crippen molar-refractivity contribution in [3.63, 3.8) is 0 Å². The van der Waals surface area contributed by atoms with E-state index in [0.717, 1.165) is 53.9 Å². The van der Waals surface area contributed by atoms with Gasteiger partial charge in [0.2, 0.25) is 5.91 Å². The number of nitrogens with zero attached hydrogens (tertiary/aromatic N) is 1. The van der Waals surface area contributed by atoms with Crippen LogP contribution in [0.5, 0.6) is 0 Å². The van der Waals surface area contributed by atoms with Gasteiger partial charge in [-0.2, -0.15) is 5.10 Å². The van der Waals surface area contributed by atoms with Crippen LogP contribution >= 0.6 is 47.8 Å². The number of carbonyl (C=O) groups is 4. The Kier molecular flexibility index (Phi) is 13.7. The number of ether oxygens (including phenoxy) is 2. The highest BCUT2D eigenvalue weighted by Gasteiger charge is 2.45. The molecule has 2 amide bonds. The van der Waals surface area contributed by atoms with Crippen LogP contribution in [0.1, 0.15) is 71.1 Å². The van der Waals surface area contributed by atoms with Gasteiger partial charge in [-0.1, -0.05) is 84.2 Å². The van der Waals surface area contributed by atoms with Crippen LogP contribution < -0.4 is 10.7 Å². The summed E-state index contributed by atoms with van der Waals surface area (Å²) in [6.07, 6.45) is 8.31. The lowest BCUT2D eigenvalue weighted by atomic mass is 10.0. The van der Waals surface area contributed by atoms with Crippen molar-refractivity contribution in [1.82, 2.24) is 10.4 Å². The topological polar surface area (TPSA) is 139 Å². The van der Waals surface area contributed by atoms with Crippen LogP contribution in [-0.2, 0) is 23.9 Å². The van der Waals surface area contributed by atoms with E-state index in [4.69, 9.17) is 9.47 Å². The fraction of sp³-hybridized carbons (Fsp3) is 0.233. The Morgan fingerprint density at radius 2 is 1.45 bits per heavy atom. The summed E-state index contributed by atoms with van der Waals surface area (Å²) < 4.78 is 12.8. The third-order valence-electron chi connectivity index (χ3n) is 9.30. The molecule has 4 atom stereocenters. The molecule has 0 spiro atoms. The monoisotopic (exact) mass is 944 g/mol.